The molecule has 0 unspecified atom stereocenters. The van der Waals surface area contributed by atoms with Gasteiger partial charge in [0.15, 0.2) is 0 Å². The molecule has 1 aromatic rings. The van der Waals surface area contributed by atoms with Gasteiger partial charge in [0.25, 0.3) is 0 Å². The van der Waals surface area contributed by atoms with Gasteiger partial charge in [-0.2, -0.15) is 5.10 Å². The van der Waals surface area contributed by atoms with Crippen molar-refractivity contribution in [3.63, 3.8) is 0 Å². The molecule has 66 valence electrons. The lowest BCUT2D eigenvalue weighted by atomic mass is 10.1. The van der Waals surface area contributed by atoms with Crippen LogP contribution in [0, 0.1) is 0 Å². The lowest BCUT2D eigenvalue weighted by Gasteiger charge is -2.22. The van der Waals surface area contributed by atoms with E-state index in [2.05, 4.69) is 10.2 Å². The molecule has 0 bridgehead atoms. The van der Waals surface area contributed by atoms with Crippen molar-refractivity contribution in [2.45, 2.75) is 19.4 Å². The molecule has 1 rings (SSSR count). The maximum absolute atomic E-state index is 11.1. The maximum Gasteiger partial charge on any atom is 0.343 e. The zero-order valence-corrected chi connectivity index (χ0v) is 7.68. The normalized spacial score (nSPS) is 11.5. The summed E-state index contributed by atoms with van der Waals surface area (Å²) in [6.07, 6.45) is 1.38. The van der Waals surface area contributed by atoms with Gasteiger partial charge in [-0.05, 0) is 13.8 Å². The topological polar surface area (TPSA) is 76.7 Å². The number of hydrogen-bond donors (Lipinski definition) is 2. The van der Waals surface area contributed by atoms with Crippen LogP contribution in [0.4, 0.5) is 0 Å². The maximum atomic E-state index is 11.1. The van der Waals surface area contributed by atoms with Crippen LogP contribution < -0.4 is 11.4 Å². The number of nitrogens with two attached hydrogens (primary N) is 1. The molecule has 0 spiro atoms. The zero-order chi connectivity index (χ0) is 9.35. The zero-order valence-electron chi connectivity index (χ0n) is 6.87. The van der Waals surface area contributed by atoms with Crippen molar-refractivity contribution in [3.8, 4) is 0 Å². The van der Waals surface area contributed by atoms with E-state index in [0.29, 0.717) is 0 Å². The van der Waals surface area contributed by atoms with Crippen molar-refractivity contribution in [1.29, 1.82) is 0 Å². The number of nitrogens with one attached hydrogen (secondary N) is 1. The van der Waals surface area contributed by atoms with Gasteiger partial charge in [0.05, 0.1) is 10.5 Å². The standard InChI is InChI=1S/C6H10N4OS/c1-6(2,4(7)12)10-3-8-9-5(10)11/h3H,1-2H3,(H2,7,12)(H,9,11). The molecule has 1 aromatic heterocycles. The molecule has 0 radical (unpaired) electrons. The number of hydrogen-bond acceptors (Lipinski definition) is 3. The van der Waals surface area contributed by atoms with Crippen molar-refractivity contribution >= 4 is 17.2 Å². The number of aromatic amines is 1. The van der Waals surface area contributed by atoms with E-state index < -0.39 is 5.54 Å². The molecule has 0 aliphatic heterocycles. The predicted octanol–water partition coefficient (Wildman–Crippen LogP) is -0.407. The Morgan fingerprint density at radius 2 is 2.42 bits per heavy atom. The van der Waals surface area contributed by atoms with Gasteiger partial charge in [0.2, 0.25) is 0 Å². The first-order valence-corrected chi connectivity index (χ1v) is 3.79. The highest BCUT2D eigenvalue weighted by molar-refractivity contribution is 7.80. The van der Waals surface area contributed by atoms with Gasteiger partial charge < -0.3 is 5.73 Å². The Morgan fingerprint density at radius 3 is 2.75 bits per heavy atom. The summed E-state index contributed by atoms with van der Waals surface area (Å²) >= 11 is 4.82. The van der Waals surface area contributed by atoms with E-state index in [1.165, 1.54) is 10.9 Å². The molecule has 6 heteroatoms. The largest absolute Gasteiger partial charge is 0.391 e. The SMILES string of the molecule is CC(C)(C(N)=S)n1cn[nH]c1=O. The minimum Gasteiger partial charge on any atom is -0.391 e. The second-order valence-corrected chi connectivity index (χ2v) is 3.39. The van der Waals surface area contributed by atoms with Gasteiger partial charge in [0, 0.05) is 0 Å². The third kappa shape index (κ3) is 1.25. The van der Waals surface area contributed by atoms with Gasteiger partial charge in [-0.1, -0.05) is 12.2 Å². The van der Waals surface area contributed by atoms with Gasteiger partial charge >= 0.3 is 5.69 Å². The van der Waals surface area contributed by atoms with Crippen molar-refractivity contribution in [3.05, 3.63) is 16.8 Å². The van der Waals surface area contributed by atoms with Crippen molar-refractivity contribution in [1.82, 2.24) is 14.8 Å². The molecule has 12 heavy (non-hydrogen) atoms. The highest BCUT2D eigenvalue weighted by Crippen LogP contribution is 2.11. The first-order chi connectivity index (χ1) is 5.46. The van der Waals surface area contributed by atoms with Crippen molar-refractivity contribution in [2.24, 2.45) is 5.73 Å². The van der Waals surface area contributed by atoms with Crippen LogP contribution in [0.3, 0.4) is 0 Å². The van der Waals surface area contributed by atoms with Crippen LogP contribution in [0.1, 0.15) is 13.8 Å². The van der Waals surface area contributed by atoms with E-state index in [0.717, 1.165) is 0 Å². The Balaban J connectivity index is 3.23. The lowest BCUT2D eigenvalue weighted by Crippen LogP contribution is -2.44. The smallest absolute Gasteiger partial charge is 0.343 e. The molecule has 0 aliphatic rings. The fourth-order valence-electron chi connectivity index (χ4n) is 0.765. The quantitative estimate of drug-likeness (QED) is 0.616. The molecule has 0 amide bonds. The van der Waals surface area contributed by atoms with E-state index in [1.54, 1.807) is 13.8 Å². The molecular weight excluding hydrogens is 176 g/mol. The molecule has 5 nitrogen and oxygen atoms in total. The van der Waals surface area contributed by atoms with Crippen LogP contribution in [0.25, 0.3) is 0 Å². The molecule has 1 heterocycles. The van der Waals surface area contributed by atoms with E-state index in [-0.39, 0.29) is 10.7 Å². The molecule has 0 saturated carbocycles. The fourth-order valence-corrected chi connectivity index (χ4v) is 0.863. The highest BCUT2D eigenvalue weighted by atomic mass is 32.1. The summed E-state index contributed by atoms with van der Waals surface area (Å²) in [6, 6.07) is 0. The Bertz CT molecular complexity index is 350. The Labute approximate surface area is 74.6 Å². The fraction of sp³-hybridized carbons (Fsp3) is 0.500. The summed E-state index contributed by atoms with van der Waals surface area (Å²) < 4.78 is 1.36. The minimum absolute atomic E-state index is 0.256. The summed E-state index contributed by atoms with van der Waals surface area (Å²) in [4.78, 5) is 11.4. The van der Waals surface area contributed by atoms with E-state index in [4.69, 9.17) is 18.0 Å². The molecule has 0 aromatic carbocycles. The van der Waals surface area contributed by atoms with E-state index in [1.807, 2.05) is 0 Å². The number of rotatable bonds is 2. The molecule has 0 saturated heterocycles. The third-order valence-electron chi connectivity index (χ3n) is 1.76. The minimum atomic E-state index is -0.667. The summed E-state index contributed by atoms with van der Waals surface area (Å²) in [7, 11) is 0. The number of nitrogens with zero attached hydrogens (tertiary/aromatic N) is 2. The molecule has 0 fully saturated rings. The second-order valence-electron chi connectivity index (χ2n) is 2.95. The second kappa shape index (κ2) is 2.71. The van der Waals surface area contributed by atoms with Crippen LogP contribution in [-0.4, -0.2) is 19.8 Å². The van der Waals surface area contributed by atoms with Gasteiger partial charge in [0.1, 0.15) is 6.33 Å². The Morgan fingerprint density at radius 1 is 1.83 bits per heavy atom. The monoisotopic (exact) mass is 186 g/mol. The van der Waals surface area contributed by atoms with Crippen LogP contribution in [0.5, 0.6) is 0 Å². The van der Waals surface area contributed by atoms with Crippen LogP contribution >= 0.6 is 12.2 Å². The molecule has 0 atom stereocenters. The van der Waals surface area contributed by atoms with Crippen molar-refractivity contribution < 1.29 is 0 Å². The average molecular weight is 186 g/mol. The van der Waals surface area contributed by atoms with Gasteiger partial charge in [-0.25, -0.2) is 9.89 Å². The number of aromatic nitrogens is 3. The first kappa shape index (κ1) is 8.92. The van der Waals surface area contributed by atoms with E-state index in [9.17, 15) is 4.79 Å². The lowest BCUT2D eigenvalue weighted by molar-refractivity contribution is 0.478. The Hall–Kier alpha value is -1.17. The first-order valence-electron chi connectivity index (χ1n) is 3.38. The van der Waals surface area contributed by atoms with Gasteiger partial charge in [-0.3, -0.25) is 4.57 Å². The van der Waals surface area contributed by atoms with E-state index >= 15 is 0 Å². The molecule has 3 N–H and O–H groups in total. The predicted molar refractivity (Wildman–Crippen MR) is 49.0 cm³/mol. The third-order valence-corrected chi connectivity index (χ3v) is 2.26. The summed E-state index contributed by atoms with van der Waals surface area (Å²) in [6.45, 7) is 3.51. The average Bonchev–Trinajstić information content (AvgIpc) is 2.35. The van der Waals surface area contributed by atoms with Crippen molar-refractivity contribution in [2.75, 3.05) is 0 Å². The molecular formula is C6H10N4OS. The summed E-state index contributed by atoms with van der Waals surface area (Å²) in [5.41, 5.74) is 4.48. The summed E-state index contributed by atoms with van der Waals surface area (Å²) in [5, 5.41) is 5.85. The van der Waals surface area contributed by atoms with Crippen LogP contribution in [0.15, 0.2) is 11.1 Å². The molecule has 0 aliphatic carbocycles. The highest BCUT2D eigenvalue weighted by Gasteiger charge is 2.25. The van der Waals surface area contributed by atoms with Gasteiger partial charge in [-0.15, -0.1) is 0 Å². The van der Waals surface area contributed by atoms with Crippen LogP contribution in [-0.2, 0) is 5.54 Å². The van der Waals surface area contributed by atoms with Crippen LogP contribution in [0.2, 0.25) is 0 Å². The number of thiocarbonyl (C=S) groups is 1. The number of H-pyrrole nitrogens is 1. The Kier molecular flexibility index (Phi) is 2.01. The summed E-state index contributed by atoms with van der Waals surface area (Å²) in [5.74, 6) is 0.